The maximum atomic E-state index is 13.4. The average molecular weight is 499 g/mol. The van der Waals surface area contributed by atoms with Crippen LogP contribution in [0.4, 0.5) is 5.69 Å². The smallest absolute Gasteiger partial charge is 0.260 e. The molecule has 1 N–H and O–H groups in total. The van der Waals surface area contributed by atoms with Gasteiger partial charge in [0.15, 0.2) is 5.82 Å². The van der Waals surface area contributed by atoms with E-state index in [1.165, 1.54) is 10.4 Å². The summed E-state index contributed by atoms with van der Waals surface area (Å²) in [6.07, 6.45) is 0.526. The highest BCUT2D eigenvalue weighted by atomic mass is 32.2. The predicted molar refractivity (Wildman–Crippen MR) is 132 cm³/mol. The third kappa shape index (κ3) is 5.14. The van der Waals surface area contributed by atoms with E-state index in [1.54, 1.807) is 18.2 Å². The first kappa shape index (κ1) is 25.0. The Labute approximate surface area is 205 Å². The molecule has 0 bridgehead atoms. The van der Waals surface area contributed by atoms with Crippen LogP contribution in [0.1, 0.15) is 54.0 Å². The van der Waals surface area contributed by atoms with E-state index in [9.17, 15) is 13.2 Å². The van der Waals surface area contributed by atoms with Gasteiger partial charge >= 0.3 is 0 Å². The van der Waals surface area contributed by atoms with Crippen molar-refractivity contribution < 1.29 is 22.5 Å². The Morgan fingerprint density at radius 2 is 1.91 bits per heavy atom. The Bertz CT molecular complexity index is 1330. The number of benzene rings is 2. The van der Waals surface area contributed by atoms with Gasteiger partial charge in [-0.3, -0.25) is 4.79 Å². The number of sulfonamides is 1. The van der Waals surface area contributed by atoms with Gasteiger partial charge < -0.3 is 14.6 Å². The molecular formula is C25H30N4O5S. The molecule has 3 aromatic rings. The Kier molecular flexibility index (Phi) is 7.34. The zero-order chi connectivity index (χ0) is 25.2. The van der Waals surface area contributed by atoms with Gasteiger partial charge in [-0.25, -0.2) is 8.42 Å². The Balaban J connectivity index is 1.68. The van der Waals surface area contributed by atoms with E-state index < -0.39 is 15.9 Å². The lowest BCUT2D eigenvalue weighted by molar-refractivity contribution is 0.0730. The number of aromatic nitrogens is 2. The zero-order valence-corrected chi connectivity index (χ0v) is 21.2. The zero-order valence-electron chi connectivity index (χ0n) is 20.4. The van der Waals surface area contributed by atoms with Crippen molar-refractivity contribution in [2.45, 2.75) is 44.9 Å². The minimum absolute atomic E-state index is 0.0965. The molecule has 1 aliphatic rings. The highest BCUT2D eigenvalue weighted by molar-refractivity contribution is 7.89. The number of nitrogens with one attached hydrogen (secondary N) is 1. The topological polar surface area (TPSA) is 115 Å². The summed E-state index contributed by atoms with van der Waals surface area (Å²) in [4.78, 5) is 17.9. The van der Waals surface area contributed by atoms with E-state index in [1.807, 2.05) is 39.8 Å². The molecule has 1 saturated heterocycles. The lowest BCUT2D eigenvalue weighted by Crippen LogP contribution is -2.41. The number of morpholine rings is 1. The number of para-hydroxylation sites is 1. The van der Waals surface area contributed by atoms with E-state index in [-0.39, 0.29) is 29.5 Å². The minimum Gasteiger partial charge on any atom is -0.379 e. The molecule has 0 radical (unpaired) electrons. The number of carbonyl (C=O) groups excluding carboxylic acids is 1. The molecule has 10 heteroatoms. The second kappa shape index (κ2) is 10.3. The molecule has 35 heavy (non-hydrogen) atoms. The summed E-state index contributed by atoms with van der Waals surface area (Å²) in [5.74, 6) is 0.556. The van der Waals surface area contributed by atoms with Gasteiger partial charge in [-0.2, -0.15) is 9.29 Å². The predicted octanol–water partition coefficient (Wildman–Crippen LogP) is 4.00. The Hall–Kier alpha value is -3.08. The maximum Gasteiger partial charge on any atom is 0.260 e. The van der Waals surface area contributed by atoms with Crippen LogP contribution in [0, 0.1) is 6.92 Å². The SMILES string of the molecule is CCc1ccc(C(=O)Nc2c(C)cccc2-c2nc(C(C)C)no2)cc1S(=O)(=O)N1CCOCC1. The Morgan fingerprint density at radius 3 is 2.57 bits per heavy atom. The first-order valence-electron chi connectivity index (χ1n) is 11.7. The van der Waals surface area contributed by atoms with Crippen molar-refractivity contribution in [1.29, 1.82) is 0 Å². The third-order valence-electron chi connectivity index (χ3n) is 6.00. The van der Waals surface area contributed by atoms with Crippen molar-refractivity contribution >= 4 is 21.6 Å². The summed E-state index contributed by atoms with van der Waals surface area (Å²) in [6.45, 7) is 8.98. The molecule has 0 saturated carbocycles. The summed E-state index contributed by atoms with van der Waals surface area (Å²) >= 11 is 0. The van der Waals surface area contributed by atoms with Crippen molar-refractivity contribution in [3.63, 3.8) is 0 Å². The summed E-state index contributed by atoms with van der Waals surface area (Å²) in [7, 11) is -3.76. The molecule has 1 aliphatic heterocycles. The second-order valence-electron chi connectivity index (χ2n) is 8.76. The van der Waals surface area contributed by atoms with E-state index in [0.717, 1.165) is 5.56 Å². The van der Waals surface area contributed by atoms with Gasteiger partial charge in [0, 0.05) is 24.6 Å². The van der Waals surface area contributed by atoms with Crippen LogP contribution in [0.15, 0.2) is 45.8 Å². The lowest BCUT2D eigenvalue weighted by Gasteiger charge is -2.27. The summed E-state index contributed by atoms with van der Waals surface area (Å²) in [5, 5.41) is 6.96. The number of ether oxygens (including phenoxy) is 1. The molecule has 0 atom stereocenters. The number of aryl methyl sites for hydroxylation is 2. The van der Waals surface area contributed by atoms with Crippen LogP contribution in [0.3, 0.4) is 0 Å². The van der Waals surface area contributed by atoms with Crippen LogP contribution in [-0.4, -0.2) is 55.1 Å². The average Bonchev–Trinajstić information content (AvgIpc) is 3.36. The number of hydrogen-bond acceptors (Lipinski definition) is 7. The third-order valence-corrected chi connectivity index (χ3v) is 7.98. The normalized spacial score (nSPS) is 14.9. The van der Waals surface area contributed by atoms with Crippen LogP contribution in [0.25, 0.3) is 11.5 Å². The number of amides is 1. The maximum absolute atomic E-state index is 13.4. The number of carbonyl (C=O) groups is 1. The van der Waals surface area contributed by atoms with Crippen LogP contribution in [0.5, 0.6) is 0 Å². The molecule has 0 spiro atoms. The van der Waals surface area contributed by atoms with Crippen LogP contribution in [0.2, 0.25) is 0 Å². The molecule has 2 aromatic carbocycles. The van der Waals surface area contributed by atoms with Crippen LogP contribution >= 0.6 is 0 Å². The lowest BCUT2D eigenvalue weighted by atomic mass is 10.1. The monoisotopic (exact) mass is 498 g/mol. The van der Waals surface area contributed by atoms with Crippen LogP contribution < -0.4 is 5.32 Å². The molecule has 186 valence electrons. The van der Waals surface area contributed by atoms with Crippen molar-refractivity contribution in [3.05, 3.63) is 58.9 Å². The molecule has 0 unspecified atom stereocenters. The van der Waals surface area contributed by atoms with Gasteiger partial charge in [0.25, 0.3) is 11.8 Å². The van der Waals surface area contributed by atoms with Crippen LogP contribution in [-0.2, 0) is 21.2 Å². The van der Waals surface area contributed by atoms with Crippen molar-refractivity contribution in [3.8, 4) is 11.5 Å². The summed E-state index contributed by atoms with van der Waals surface area (Å²) in [5.41, 5.74) is 2.86. The minimum atomic E-state index is -3.76. The van der Waals surface area contributed by atoms with E-state index in [4.69, 9.17) is 9.26 Å². The summed E-state index contributed by atoms with van der Waals surface area (Å²) in [6, 6.07) is 10.3. The van der Waals surface area contributed by atoms with Gasteiger partial charge in [0.2, 0.25) is 10.0 Å². The fourth-order valence-electron chi connectivity index (χ4n) is 3.93. The molecular weight excluding hydrogens is 468 g/mol. The molecule has 1 amide bonds. The first-order chi connectivity index (χ1) is 16.7. The fraction of sp³-hybridized carbons (Fsp3) is 0.400. The van der Waals surface area contributed by atoms with Crippen molar-refractivity contribution in [2.24, 2.45) is 0 Å². The van der Waals surface area contributed by atoms with Gasteiger partial charge in [-0.05, 0) is 42.7 Å². The largest absolute Gasteiger partial charge is 0.379 e. The van der Waals surface area contributed by atoms with Gasteiger partial charge in [-0.1, -0.05) is 44.1 Å². The molecule has 9 nitrogen and oxygen atoms in total. The summed E-state index contributed by atoms with van der Waals surface area (Å²) < 4.78 is 38.9. The molecule has 1 fully saturated rings. The number of hydrogen-bond donors (Lipinski definition) is 1. The van der Waals surface area contributed by atoms with Gasteiger partial charge in [-0.15, -0.1) is 0 Å². The molecule has 0 aliphatic carbocycles. The highest BCUT2D eigenvalue weighted by Crippen LogP contribution is 2.31. The quantitative estimate of drug-likeness (QED) is 0.523. The van der Waals surface area contributed by atoms with Gasteiger partial charge in [0.1, 0.15) is 0 Å². The Morgan fingerprint density at radius 1 is 1.17 bits per heavy atom. The standard InChI is InChI=1S/C25H30N4O5S/c1-5-18-9-10-19(15-21(18)35(31,32)29-11-13-33-14-12-29)24(30)26-22-17(4)7-6-8-20(22)25-27-23(16(2)3)28-34-25/h6-10,15-16H,5,11-14H2,1-4H3,(H,26,30). The van der Waals surface area contributed by atoms with Gasteiger partial charge in [0.05, 0.1) is 29.4 Å². The molecule has 4 rings (SSSR count). The number of anilines is 1. The van der Waals surface area contributed by atoms with E-state index in [0.29, 0.717) is 48.2 Å². The second-order valence-corrected chi connectivity index (χ2v) is 10.7. The van der Waals surface area contributed by atoms with Crippen molar-refractivity contribution in [1.82, 2.24) is 14.4 Å². The highest BCUT2D eigenvalue weighted by Gasteiger charge is 2.29. The first-order valence-corrected chi connectivity index (χ1v) is 13.1. The molecule has 1 aromatic heterocycles. The van der Waals surface area contributed by atoms with E-state index >= 15 is 0 Å². The van der Waals surface area contributed by atoms with E-state index in [2.05, 4.69) is 15.5 Å². The number of rotatable bonds is 7. The number of nitrogens with zero attached hydrogens (tertiary/aromatic N) is 3. The van der Waals surface area contributed by atoms with Crippen molar-refractivity contribution in [2.75, 3.05) is 31.6 Å². The fourth-order valence-corrected chi connectivity index (χ4v) is 5.66. The molecule has 2 heterocycles.